The monoisotopic (exact) mass is 434 g/mol. The van der Waals surface area contributed by atoms with Crippen molar-refractivity contribution in [2.75, 3.05) is 13.2 Å². The molecule has 5 heteroatoms. The van der Waals surface area contributed by atoms with Crippen LogP contribution in [0.15, 0.2) is 0 Å². The molecule has 0 spiro atoms. The standard InChI is InChI=1S/C24H50O4S/c25-21-17-13-9-5-1-3-7-11-15-19-23(27)29-24(28)20-16-12-8-4-2-6-10-14-18-22-26/h23-28H,1-22H2. The van der Waals surface area contributed by atoms with Crippen LogP contribution in [-0.4, -0.2) is 44.5 Å². The first-order valence-electron chi connectivity index (χ1n) is 12.4. The van der Waals surface area contributed by atoms with Gasteiger partial charge in [-0.3, -0.25) is 0 Å². The Morgan fingerprint density at radius 1 is 0.379 bits per heavy atom. The smallest absolute Gasteiger partial charge is 0.102 e. The first-order chi connectivity index (χ1) is 14.2. The fourth-order valence-corrected chi connectivity index (χ4v) is 4.62. The summed E-state index contributed by atoms with van der Waals surface area (Å²) in [7, 11) is 0. The second-order valence-corrected chi connectivity index (χ2v) is 9.79. The van der Waals surface area contributed by atoms with Crippen molar-refractivity contribution in [3.05, 3.63) is 0 Å². The molecule has 2 unspecified atom stereocenters. The van der Waals surface area contributed by atoms with E-state index in [0.717, 1.165) is 51.4 Å². The topological polar surface area (TPSA) is 80.9 Å². The number of aliphatic hydroxyl groups excluding tert-OH is 4. The Morgan fingerprint density at radius 2 is 0.621 bits per heavy atom. The third-order valence-electron chi connectivity index (χ3n) is 5.53. The van der Waals surface area contributed by atoms with Gasteiger partial charge in [-0.2, -0.15) is 0 Å². The van der Waals surface area contributed by atoms with Crippen LogP contribution in [0.4, 0.5) is 0 Å². The summed E-state index contributed by atoms with van der Waals surface area (Å²) < 4.78 is 0. The lowest BCUT2D eigenvalue weighted by Gasteiger charge is -2.15. The summed E-state index contributed by atoms with van der Waals surface area (Å²) in [6, 6.07) is 0. The summed E-state index contributed by atoms with van der Waals surface area (Å²) in [5.41, 5.74) is -0.857. The number of aliphatic hydroxyl groups is 4. The van der Waals surface area contributed by atoms with Crippen molar-refractivity contribution < 1.29 is 20.4 Å². The van der Waals surface area contributed by atoms with Crippen molar-refractivity contribution in [3.8, 4) is 0 Å². The Hall–Kier alpha value is 0.190. The van der Waals surface area contributed by atoms with Gasteiger partial charge in [0.15, 0.2) is 0 Å². The molecule has 0 aromatic rings. The first-order valence-corrected chi connectivity index (χ1v) is 13.4. The van der Waals surface area contributed by atoms with E-state index >= 15 is 0 Å². The second-order valence-electron chi connectivity index (χ2n) is 8.43. The number of hydrogen-bond donors (Lipinski definition) is 4. The molecular weight excluding hydrogens is 384 g/mol. The van der Waals surface area contributed by atoms with Crippen molar-refractivity contribution in [3.63, 3.8) is 0 Å². The molecule has 0 rings (SSSR count). The predicted octanol–water partition coefficient (Wildman–Crippen LogP) is 6.14. The summed E-state index contributed by atoms with van der Waals surface area (Å²) in [4.78, 5) is 0. The Morgan fingerprint density at radius 3 is 0.897 bits per heavy atom. The van der Waals surface area contributed by atoms with Crippen LogP contribution in [0.5, 0.6) is 0 Å². The third kappa shape index (κ3) is 24.3. The fraction of sp³-hybridized carbons (Fsp3) is 1.00. The van der Waals surface area contributed by atoms with E-state index < -0.39 is 10.9 Å². The molecule has 0 aromatic carbocycles. The Bertz CT molecular complexity index is 277. The number of unbranched alkanes of at least 4 members (excludes halogenated alkanes) is 16. The highest BCUT2D eigenvalue weighted by molar-refractivity contribution is 8.00. The van der Waals surface area contributed by atoms with Crippen molar-refractivity contribution in [2.45, 2.75) is 139 Å². The minimum Gasteiger partial charge on any atom is -0.396 e. The maximum absolute atomic E-state index is 10.1. The van der Waals surface area contributed by atoms with Crippen LogP contribution in [0.1, 0.15) is 128 Å². The molecule has 0 saturated carbocycles. The van der Waals surface area contributed by atoms with E-state index in [9.17, 15) is 10.2 Å². The van der Waals surface area contributed by atoms with Crippen LogP contribution < -0.4 is 0 Å². The van der Waals surface area contributed by atoms with E-state index in [1.165, 1.54) is 88.8 Å². The zero-order valence-electron chi connectivity index (χ0n) is 18.9. The molecule has 0 aliphatic rings. The van der Waals surface area contributed by atoms with Crippen LogP contribution in [-0.2, 0) is 0 Å². The lowest BCUT2D eigenvalue weighted by atomic mass is 10.1. The quantitative estimate of drug-likeness (QED) is 0.108. The highest BCUT2D eigenvalue weighted by Gasteiger charge is 2.11. The number of hydrogen-bond acceptors (Lipinski definition) is 5. The Kier molecular flexibility index (Phi) is 24.6. The number of thioether (sulfide) groups is 1. The van der Waals surface area contributed by atoms with Crippen molar-refractivity contribution in [1.82, 2.24) is 0 Å². The fourth-order valence-electron chi connectivity index (χ4n) is 3.65. The molecule has 0 aliphatic carbocycles. The summed E-state index contributed by atoms with van der Waals surface area (Å²) in [6.45, 7) is 0.644. The highest BCUT2D eigenvalue weighted by atomic mass is 32.2. The summed E-state index contributed by atoms with van der Waals surface area (Å²) in [5.74, 6) is 0. The average molecular weight is 435 g/mol. The molecule has 0 heterocycles. The van der Waals surface area contributed by atoms with Gasteiger partial charge in [-0.1, -0.05) is 114 Å². The average Bonchev–Trinajstić information content (AvgIpc) is 2.70. The number of rotatable bonds is 24. The lowest BCUT2D eigenvalue weighted by molar-refractivity contribution is 0.219. The summed E-state index contributed by atoms with van der Waals surface area (Å²) in [6.07, 6.45) is 22.8. The van der Waals surface area contributed by atoms with Gasteiger partial charge in [0.05, 0.1) is 0 Å². The molecule has 0 radical (unpaired) electrons. The van der Waals surface area contributed by atoms with Gasteiger partial charge in [-0.05, 0) is 25.7 Å². The maximum Gasteiger partial charge on any atom is 0.102 e. The van der Waals surface area contributed by atoms with E-state index in [1.54, 1.807) is 0 Å². The molecule has 2 atom stereocenters. The van der Waals surface area contributed by atoms with E-state index in [2.05, 4.69) is 0 Å². The molecule has 0 bridgehead atoms. The van der Waals surface area contributed by atoms with Gasteiger partial charge < -0.3 is 20.4 Å². The molecule has 0 aliphatic heterocycles. The van der Waals surface area contributed by atoms with Crippen LogP contribution in [0.3, 0.4) is 0 Å². The Balaban J connectivity index is 3.29. The van der Waals surface area contributed by atoms with Crippen molar-refractivity contribution in [2.24, 2.45) is 0 Å². The molecule has 0 fully saturated rings. The molecule has 0 aromatic heterocycles. The molecular formula is C24H50O4S. The van der Waals surface area contributed by atoms with Crippen LogP contribution in [0, 0.1) is 0 Å². The third-order valence-corrected chi connectivity index (χ3v) is 6.63. The van der Waals surface area contributed by atoms with Gasteiger partial charge in [0, 0.05) is 13.2 Å². The van der Waals surface area contributed by atoms with Gasteiger partial charge in [0.25, 0.3) is 0 Å². The lowest BCUT2D eigenvalue weighted by Crippen LogP contribution is -2.10. The van der Waals surface area contributed by atoms with E-state index in [1.807, 2.05) is 0 Å². The second kappa shape index (κ2) is 24.5. The van der Waals surface area contributed by atoms with Crippen molar-refractivity contribution in [1.29, 1.82) is 0 Å². The molecule has 0 amide bonds. The SMILES string of the molecule is OCCCCCCCCCCCC(O)SC(O)CCCCCCCCCCCO. The minimum atomic E-state index is -0.428. The molecule has 0 saturated heterocycles. The molecule has 176 valence electrons. The maximum atomic E-state index is 10.1. The Labute approximate surface area is 184 Å². The zero-order valence-corrected chi connectivity index (χ0v) is 19.7. The van der Waals surface area contributed by atoms with Gasteiger partial charge in [-0.25, -0.2) is 0 Å². The predicted molar refractivity (Wildman–Crippen MR) is 126 cm³/mol. The molecule has 4 N–H and O–H groups in total. The largest absolute Gasteiger partial charge is 0.396 e. The van der Waals surface area contributed by atoms with Crippen LogP contribution >= 0.6 is 11.8 Å². The zero-order chi connectivity index (χ0) is 21.4. The van der Waals surface area contributed by atoms with Gasteiger partial charge in [0.2, 0.25) is 0 Å². The summed E-state index contributed by atoms with van der Waals surface area (Å²) in [5, 5.41) is 37.6. The van der Waals surface area contributed by atoms with Gasteiger partial charge >= 0.3 is 0 Å². The van der Waals surface area contributed by atoms with Gasteiger partial charge in [0.1, 0.15) is 10.9 Å². The highest BCUT2D eigenvalue weighted by Crippen LogP contribution is 2.23. The normalized spacial score (nSPS) is 13.7. The molecule has 4 nitrogen and oxygen atoms in total. The minimum absolute atomic E-state index is 0.322. The van der Waals surface area contributed by atoms with Crippen LogP contribution in [0.2, 0.25) is 0 Å². The van der Waals surface area contributed by atoms with E-state index in [0.29, 0.717) is 13.2 Å². The van der Waals surface area contributed by atoms with E-state index in [-0.39, 0.29) is 0 Å². The summed E-state index contributed by atoms with van der Waals surface area (Å²) >= 11 is 1.33. The van der Waals surface area contributed by atoms with Gasteiger partial charge in [-0.15, -0.1) is 0 Å². The van der Waals surface area contributed by atoms with Crippen molar-refractivity contribution >= 4 is 11.8 Å². The van der Waals surface area contributed by atoms with E-state index in [4.69, 9.17) is 10.2 Å². The van der Waals surface area contributed by atoms with Crippen LogP contribution in [0.25, 0.3) is 0 Å². The molecule has 29 heavy (non-hydrogen) atoms. The first kappa shape index (κ1) is 29.2.